The Balaban J connectivity index is 1.64. The second kappa shape index (κ2) is 7.92. The summed E-state index contributed by atoms with van der Waals surface area (Å²) in [6.07, 6.45) is -3.66. The Morgan fingerprint density at radius 2 is 1.93 bits per heavy atom. The van der Waals surface area contributed by atoms with E-state index in [2.05, 4.69) is 10.9 Å². The van der Waals surface area contributed by atoms with Crippen LogP contribution in [0.15, 0.2) is 48.5 Å². The molecule has 0 radical (unpaired) electrons. The predicted molar refractivity (Wildman–Crippen MR) is 99.5 cm³/mol. The number of halogens is 3. The van der Waals surface area contributed by atoms with Gasteiger partial charge in [-0.15, -0.1) is 0 Å². The van der Waals surface area contributed by atoms with Crippen molar-refractivity contribution in [3.05, 3.63) is 59.7 Å². The van der Waals surface area contributed by atoms with Crippen molar-refractivity contribution in [3.63, 3.8) is 0 Å². The number of carbonyl (C=O) groups excluding carboxylic acids is 2. The van der Waals surface area contributed by atoms with E-state index in [-0.39, 0.29) is 24.6 Å². The molecule has 1 heterocycles. The molecule has 0 spiro atoms. The first kappa shape index (κ1) is 19.7. The molecular formula is C20H20F3N3O2. The molecule has 3 rings (SSSR count). The number of alkyl halides is 3. The van der Waals surface area contributed by atoms with Crippen molar-refractivity contribution in [2.45, 2.75) is 25.9 Å². The number of amides is 2. The van der Waals surface area contributed by atoms with Crippen LogP contribution in [0.4, 0.5) is 24.5 Å². The van der Waals surface area contributed by atoms with E-state index < -0.39 is 23.6 Å². The minimum Gasteiger partial charge on any atom is -0.311 e. The van der Waals surface area contributed by atoms with Crippen LogP contribution >= 0.6 is 0 Å². The number of anilines is 2. The molecule has 1 saturated heterocycles. The average Bonchev–Trinajstić information content (AvgIpc) is 3.07. The summed E-state index contributed by atoms with van der Waals surface area (Å²) in [5.74, 6) is -1.18. The molecule has 0 aliphatic carbocycles. The van der Waals surface area contributed by atoms with Crippen LogP contribution in [0.1, 0.15) is 24.5 Å². The van der Waals surface area contributed by atoms with Crippen LogP contribution in [0.5, 0.6) is 0 Å². The second-order valence-corrected chi connectivity index (χ2v) is 6.58. The van der Waals surface area contributed by atoms with Gasteiger partial charge in [-0.05, 0) is 36.2 Å². The second-order valence-electron chi connectivity index (χ2n) is 6.58. The lowest BCUT2D eigenvalue weighted by Gasteiger charge is -2.20. The number of para-hydroxylation sites is 1. The van der Waals surface area contributed by atoms with Crippen molar-refractivity contribution < 1.29 is 22.8 Å². The highest BCUT2D eigenvalue weighted by atomic mass is 19.4. The summed E-state index contributed by atoms with van der Waals surface area (Å²) in [5, 5.41) is 0. The molecule has 1 aliphatic heterocycles. The van der Waals surface area contributed by atoms with Crippen LogP contribution in [0, 0.1) is 5.92 Å². The van der Waals surface area contributed by atoms with Crippen molar-refractivity contribution in [2.24, 2.45) is 5.92 Å². The monoisotopic (exact) mass is 391 g/mol. The van der Waals surface area contributed by atoms with E-state index in [1.165, 1.54) is 12.1 Å². The van der Waals surface area contributed by atoms with Crippen molar-refractivity contribution in [1.82, 2.24) is 5.43 Å². The Kier molecular flexibility index (Phi) is 5.58. The third kappa shape index (κ3) is 4.27. The number of benzene rings is 2. The number of carbonyl (C=O) groups is 2. The molecule has 1 atom stereocenters. The Hall–Kier alpha value is -3.03. The zero-order valence-corrected chi connectivity index (χ0v) is 15.2. The van der Waals surface area contributed by atoms with E-state index in [9.17, 15) is 22.8 Å². The van der Waals surface area contributed by atoms with E-state index in [4.69, 9.17) is 0 Å². The molecule has 2 aromatic carbocycles. The van der Waals surface area contributed by atoms with Gasteiger partial charge >= 0.3 is 6.18 Å². The Morgan fingerprint density at radius 3 is 2.64 bits per heavy atom. The zero-order valence-electron chi connectivity index (χ0n) is 15.2. The Labute approximate surface area is 160 Å². The van der Waals surface area contributed by atoms with E-state index in [1.807, 2.05) is 31.2 Å². The van der Waals surface area contributed by atoms with Crippen molar-refractivity contribution in [2.75, 3.05) is 16.9 Å². The van der Waals surface area contributed by atoms with Gasteiger partial charge in [-0.3, -0.25) is 20.4 Å². The molecule has 1 aliphatic rings. The molecule has 2 amide bonds. The third-order valence-corrected chi connectivity index (χ3v) is 4.68. The molecule has 0 aromatic heterocycles. The maximum Gasteiger partial charge on any atom is 0.416 e. The van der Waals surface area contributed by atoms with Gasteiger partial charge < -0.3 is 4.90 Å². The molecule has 1 unspecified atom stereocenters. The minimum atomic E-state index is -4.47. The first-order chi connectivity index (χ1) is 13.3. The number of nitrogens with zero attached hydrogens (tertiary/aromatic N) is 1. The topological polar surface area (TPSA) is 61.4 Å². The maximum absolute atomic E-state index is 12.8. The normalized spacial score (nSPS) is 16.9. The van der Waals surface area contributed by atoms with Gasteiger partial charge in [0.2, 0.25) is 11.8 Å². The fraction of sp³-hybridized carbons (Fsp3) is 0.300. The van der Waals surface area contributed by atoms with Crippen LogP contribution in [-0.2, 0) is 22.2 Å². The van der Waals surface area contributed by atoms with Gasteiger partial charge in [-0.25, -0.2) is 0 Å². The highest BCUT2D eigenvalue weighted by Gasteiger charge is 2.36. The van der Waals surface area contributed by atoms with E-state index in [0.717, 1.165) is 29.8 Å². The molecule has 8 heteroatoms. The third-order valence-electron chi connectivity index (χ3n) is 4.68. The number of hydrogen-bond acceptors (Lipinski definition) is 3. The summed E-state index contributed by atoms with van der Waals surface area (Å²) in [6.45, 7) is 2.22. The number of aryl methyl sites for hydroxylation is 1. The van der Waals surface area contributed by atoms with Gasteiger partial charge in [0, 0.05) is 18.7 Å². The molecule has 5 nitrogen and oxygen atoms in total. The lowest BCUT2D eigenvalue weighted by molar-refractivity contribution is -0.137. The number of nitrogens with one attached hydrogen (secondary N) is 2. The van der Waals surface area contributed by atoms with Crippen molar-refractivity contribution in [3.8, 4) is 0 Å². The smallest absolute Gasteiger partial charge is 0.311 e. The van der Waals surface area contributed by atoms with Gasteiger partial charge in [-0.2, -0.15) is 13.2 Å². The van der Waals surface area contributed by atoms with Crippen LogP contribution in [0.25, 0.3) is 0 Å². The van der Waals surface area contributed by atoms with Crippen LogP contribution < -0.4 is 15.8 Å². The fourth-order valence-electron chi connectivity index (χ4n) is 3.20. The molecule has 28 heavy (non-hydrogen) atoms. The van der Waals surface area contributed by atoms with E-state index >= 15 is 0 Å². The summed E-state index contributed by atoms with van der Waals surface area (Å²) >= 11 is 0. The standard InChI is InChI=1S/C20H20F3N3O2/c1-2-13-6-3-4-9-17(13)26-12-14(10-18(26)27)19(28)25-24-16-8-5-7-15(11-16)20(21,22)23/h3-9,11,14,24H,2,10,12H2,1H3,(H,25,28). The first-order valence-electron chi connectivity index (χ1n) is 8.91. The SMILES string of the molecule is CCc1ccccc1N1CC(C(=O)NNc2cccc(C(F)(F)F)c2)CC1=O. The number of hydrazine groups is 1. The highest BCUT2D eigenvalue weighted by molar-refractivity contribution is 6.01. The van der Waals surface area contributed by atoms with Gasteiger partial charge in [0.1, 0.15) is 0 Å². The van der Waals surface area contributed by atoms with Gasteiger partial charge in [0.25, 0.3) is 0 Å². The van der Waals surface area contributed by atoms with Crippen LogP contribution in [0.2, 0.25) is 0 Å². The first-order valence-corrected chi connectivity index (χ1v) is 8.91. The van der Waals surface area contributed by atoms with E-state index in [0.29, 0.717) is 0 Å². The van der Waals surface area contributed by atoms with Crippen LogP contribution in [-0.4, -0.2) is 18.4 Å². The van der Waals surface area contributed by atoms with Crippen molar-refractivity contribution >= 4 is 23.2 Å². The molecule has 2 aromatic rings. The quantitative estimate of drug-likeness (QED) is 0.763. The summed E-state index contributed by atoms with van der Waals surface area (Å²) < 4.78 is 38.3. The summed E-state index contributed by atoms with van der Waals surface area (Å²) in [6, 6.07) is 12.0. The molecule has 1 fully saturated rings. The largest absolute Gasteiger partial charge is 0.416 e. The lowest BCUT2D eigenvalue weighted by atomic mass is 10.1. The summed E-state index contributed by atoms with van der Waals surface area (Å²) in [5.41, 5.74) is 6.00. The number of rotatable bonds is 5. The number of hydrogen-bond donors (Lipinski definition) is 2. The average molecular weight is 391 g/mol. The zero-order chi connectivity index (χ0) is 20.3. The van der Waals surface area contributed by atoms with Crippen molar-refractivity contribution in [1.29, 1.82) is 0 Å². The fourth-order valence-corrected chi connectivity index (χ4v) is 3.20. The minimum absolute atomic E-state index is 0.0498. The summed E-state index contributed by atoms with van der Waals surface area (Å²) in [7, 11) is 0. The van der Waals surface area contributed by atoms with Gasteiger partial charge in [-0.1, -0.05) is 31.2 Å². The molecule has 0 saturated carbocycles. The highest BCUT2D eigenvalue weighted by Crippen LogP contribution is 2.31. The maximum atomic E-state index is 12.8. The van der Waals surface area contributed by atoms with Crippen LogP contribution in [0.3, 0.4) is 0 Å². The Morgan fingerprint density at radius 1 is 1.18 bits per heavy atom. The predicted octanol–water partition coefficient (Wildman–Crippen LogP) is 3.76. The molecule has 148 valence electrons. The van der Waals surface area contributed by atoms with E-state index in [1.54, 1.807) is 4.90 Å². The van der Waals surface area contributed by atoms with Gasteiger partial charge in [0.05, 0.1) is 17.2 Å². The molecule has 2 N–H and O–H groups in total. The molecular weight excluding hydrogens is 371 g/mol. The Bertz CT molecular complexity index is 883. The lowest BCUT2D eigenvalue weighted by Crippen LogP contribution is -2.36. The van der Waals surface area contributed by atoms with Gasteiger partial charge in [0.15, 0.2) is 0 Å². The molecule has 0 bridgehead atoms. The summed E-state index contributed by atoms with van der Waals surface area (Å²) in [4.78, 5) is 26.4.